The molecule has 1 fully saturated rings. The third-order valence-corrected chi connectivity index (χ3v) is 5.26. The lowest BCUT2D eigenvalue weighted by atomic mass is 9.98. The van der Waals surface area contributed by atoms with Gasteiger partial charge in [-0.2, -0.15) is 13.2 Å². The molecule has 2 unspecified atom stereocenters. The molecule has 0 aromatic heterocycles. The Kier molecular flexibility index (Phi) is 6.64. The topological polar surface area (TPSA) is 79.0 Å². The lowest BCUT2D eigenvalue weighted by molar-refractivity contribution is -0.158. The van der Waals surface area contributed by atoms with Crippen molar-refractivity contribution in [3.05, 3.63) is 24.3 Å². The van der Waals surface area contributed by atoms with E-state index in [2.05, 4.69) is 5.32 Å². The molecular weight excluding hydrogens is 403 g/mol. The molecule has 2 amide bonds. The number of fused-ring (bicyclic) bond motifs is 1. The smallest absolute Gasteiger partial charge is 0.409 e. The monoisotopic (exact) mass is 427 g/mol. The number of esters is 1. The summed E-state index contributed by atoms with van der Waals surface area (Å²) < 4.78 is 46.4. The maximum Gasteiger partial charge on any atom is 0.409 e. The average molecular weight is 427 g/mol. The van der Waals surface area contributed by atoms with Crippen molar-refractivity contribution >= 4 is 29.2 Å². The largest absolute Gasteiger partial charge is 0.466 e. The summed E-state index contributed by atoms with van der Waals surface area (Å²) in [5.41, 5.74) is 0.167. The van der Waals surface area contributed by atoms with Crippen molar-refractivity contribution < 1.29 is 32.3 Å². The highest BCUT2D eigenvalue weighted by atomic mass is 19.4. The number of piperidine rings is 1. The molecule has 164 valence electrons. The fourth-order valence-corrected chi connectivity index (χ4v) is 3.91. The van der Waals surface area contributed by atoms with Crippen molar-refractivity contribution in [3.8, 4) is 0 Å². The second-order valence-corrected chi connectivity index (χ2v) is 7.42. The van der Waals surface area contributed by atoms with Gasteiger partial charge in [-0.15, -0.1) is 0 Å². The highest BCUT2D eigenvalue weighted by molar-refractivity contribution is 6.05. The molecular formula is C20H24F3N3O4. The van der Waals surface area contributed by atoms with E-state index in [1.807, 2.05) is 0 Å². The maximum atomic E-state index is 13.8. The Morgan fingerprint density at radius 1 is 1.27 bits per heavy atom. The van der Waals surface area contributed by atoms with Crippen LogP contribution in [0.1, 0.15) is 26.2 Å². The fraction of sp³-hybridized carbons (Fsp3) is 0.550. The molecule has 1 aromatic rings. The first-order valence-corrected chi connectivity index (χ1v) is 9.87. The van der Waals surface area contributed by atoms with Crippen LogP contribution in [0, 0.1) is 5.92 Å². The number of nitrogens with zero attached hydrogens (tertiary/aromatic N) is 2. The molecule has 2 heterocycles. The molecule has 7 nitrogen and oxygen atoms in total. The predicted molar refractivity (Wildman–Crippen MR) is 103 cm³/mol. The first-order valence-electron chi connectivity index (χ1n) is 9.87. The number of carbonyl (C=O) groups excluding carboxylic acids is 3. The van der Waals surface area contributed by atoms with Crippen LogP contribution in [0.4, 0.5) is 24.5 Å². The van der Waals surface area contributed by atoms with Crippen molar-refractivity contribution in [2.75, 3.05) is 36.5 Å². The molecule has 3 rings (SSSR count). The van der Waals surface area contributed by atoms with E-state index in [0.717, 1.165) is 0 Å². The Balaban J connectivity index is 1.84. The summed E-state index contributed by atoms with van der Waals surface area (Å²) in [5.74, 6) is -2.35. The first kappa shape index (κ1) is 22.1. The third kappa shape index (κ3) is 4.92. The summed E-state index contributed by atoms with van der Waals surface area (Å²) in [6.45, 7) is 2.39. The Bertz CT molecular complexity index is 815. The number of hydrogen-bond acceptors (Lipinski definition) is 5. The number of likely N-dealkylation sites (tertiary alicyclic amines) is 1. The van der Waals surface area contributed by atoms with Gasteiger partial charge in [0.2, 0.25) is 11.8 Å². The maximum absolute atomic E-state index is 13.8. The SMILES string of the molecule is CCOC(=O)C1CCCN(CC(=O)N2c3ccccc3NC(=O)CC2C(F)(F)F)C1. The molecule has 1 N–H and O–H groups in total. The second kappa shape index (κ2) is 9.03. The summed E-state index contributed by atoms with van der Waals surface area (Å²) >= 11 is 0. The van der Waals surface area contributed by atoms with Crippen molar-refractivity contribution in [1.82, 2.24) is 4.90 Å². The van der Waals surface area contributed by atoms with E-state index in [0.29, 0.717) is 24.3 Å². The number of amides is 2. The predicted octanol–water partition coefficient (Wildman–Crippen LogP) is 2.57. The zero-order chi connectivity index (χ0) is 21.9. The van der Waals surface area contributed by atoms with Gasteiger partial charge in [-0.1, -0.05) is 12.1 Å². The number of rotatable bonds is 4. The fourth-order valence-electron chi connectivity index (χ4n) is 3.91. The van der Waals surface area contributed by atoms with Crippen molar-refractivity contribution in [2.24, 2.45) is 5.92 Å². The summed E-state index contributed by atoms with van der Waals surface area (Å²) in [6.07, 6.45) is -4.41. The molecule has 10 heteroatoms. The number of anilines is 2. The van der Waals surface area contributed by atoms with Crippen LogP contribution in [0.3, 0.4) is 0 Å². The highest BCUT2D eigenvalue weighted by Gasteiger charge is 2.49. The number of para-hydroxylation sites is 2. The lowest BCUT2D eigenvalue weighted by Gasteiger charge is -2.35. The molecule has 0 bridgehead atoms. The lowest BCUT2D eigenvalue weighted by Crippen LogP contribution is -2.53. The van der Waals surface area contributed by atoms with E-state index in [4.69, 9.17) is 4.74 Å². The van der Waals surface area contributed by atoms with E-state index in [-0.39, 0.29) is 37.0 Å². The second-order valence-electron chi connectivity index (χ2n) is 7.42. The van der Waals surface area contributed by atoms with Crippen LogP contribution in [0.25, 0.3) is 0 Å². The summed E-state index contributed by atoms with van der Waals surface area (Å²) in [6, 6.07) is 3.67. The molecule has 0 spiro atoms. The van der Waals surface area contributed by atoms with E-state index in [1.54, 1.807) is 17.9 Å². The third-order valence-electron chi connectivity index (χ3n) is 5.26. The molecule has 2 aliphatic heterocycles. The minimum Gasteiger partial charge on any atom is -0.466 e. The minimum absolute atomic E-state index is 0.00891. The Labute approximate surface area is 172 Å². The van der Waals surface area contributed by atoms with E-state index in [1.165, 1.54) is 18.2 Å². The average Bonchev–Trinajstić information content (AvgIpc) is 2.84. The van der Waals surface area contributed by atoms with Gasteiger partial charge in [0.1, 0.15) is 6.04 Å². The number of hydrogen-bond donors (Lipinski definition) is 1. The molecule has 0 aliphatic carbocycles. The van der Waals surface area contributed by atoms with Gasteiger partial charge in [-0.05, 0) is 38.4 Å². The van der Waals surface area contributed by atoms with E-state index < -0.39 is 36.4 Å². The minimum atomic E-state index is -4.78. The molecule has 2 aliphatic rings. The van der Waals surface area contributed by atoms with Crippen molar-refractivity contribution in [1.29, 1.82) is 0 Å². The van der Waals surface area contributed by atoms with Crippen LogP contribution in [0.5, 0.6) is 0 Å². The van der Waals surface area contributed by atoms with Gasteiger partial charge in [0, 0.05) is 6.54 Å². The standard InChI is InChI=1S/C20H24F3N3O4/c1-2-30-19(29)13-6-5-9-25(11-13)12-18(28)26-15-8-4-3-7-14(15)24-17(27)10-16(26)20(21,22)23/h3-4,7-8,13,16H,2,5-6,9-12H2,1H3,(H,24,27). The van der Waals surface area contributed by atoms with E-state index >= 15 is 0 Å². The Hall–Kier alpha value is -2.62. The van der Waals surface area contributed by atoms with Crippen molar-refractivity contribution in [3.63, 3.8) is 0 Å². The first-order chi connectivity index (χ1) is 14.2. The molecule has 1 aromatic carbocycles. The Morgan fingerprint density at radius 2 is 2.00 bits per heavy atom. The van der Waals surface area contributed by atoms with Crippen LogP contribution in [-0.4, -0.2) is 61.1 Å². The number of carbonyl (C=O) groups is 3. The molecule has 0 radical (unpaired) electrons. The summed E-state index contributed by atoms with van der Waals surface area (Å²) in [4.78, 5) is 39.5. The summed E-state index contributed by atoms with van der Waals surface area (Å²) in [5, 5.41) is 2.44. The zero-order valence-corrected chi connectivity index (χ0v) is 16.6. The molecule has 2 atom stereocenters. The van der Waals surface area contributed by atoms with Gasteiger partial charge in [-0.25, -0.2) is 0 Å². The van der Waals surface area contributed by atoms with Crippen LogP contribution in [0.2, 0.25) is 0 Å². The van der Waals surface area contributed by atoms with Crippen LogP contribution >= 0.6 is 0 Å². The van der Waals surface area contributed by atoms with Crippen LogP contribution < -0.4 is 10.2 Å². The normalized spacial score (nSPS) is 22.7. The zero-order valence-electron chi connectivity index (χ0n) is 16.6. The number of ether oxygens (including phenoxy) is 1. The number of benzene rings is 1. The highest BCUT2D eigenvalue weighted by Crippen LogP contribution is 2.37. The van der Waals surface area contributed by atoms with Gasteiger partial charge in [0.15, 0.2) is 0 Å². The van der Waals surface area contributed by atoms with Gasteiger partial charge < -0.3 is 10.1 Å². The number of halogens is 3. The van der Waals surface area contributed by atoms with Crippen molar-refractivity contribution in [2.45, 2.75) is 38.4 Å². The Morgan fingerprint density at radius 3 is 2.70 bits per heavy atom. The quantitative estimate of drug-likeness (QED) is 0.748. The van der Waals surface area contributed by atoms with Gasteiger partial charge in [-0.3, -0.25) is 24.2 Å². The number of nitrogens with one attached hydrogen (secondary N) is 1. The van der Waals surface area contributed by atoms with E-state index in [9.17, 15) is 27.6 Å². The van der Waals surface area contributed by atoms with Gasteiger partial charge in [0.25, 0.3) is 0 Å². The van der Waals surface area contributed by atoms with Gasteiger partial charge >= 0.3 is 12.1 Å². The van der Waals surface area contributed by atoms with Crippen LogP contribution in [0.15, 0.2) is 24.3 Å². The van der Waals surface area contributed by atoms with Gasteiger partial charge in [0.05, 0.1) is 36.9 Å². The molecule has 1 saturated heterocycles. The molecule has 0 saturated carbocycles. The summed E-state index contributed by atoms with van der Waals surface area (Å²) in [7, 11) is 0. The van der Waals surface area contributed by atoms with Crippen LogP contribution in [-0.2, 0) is 19.1 Å². The molecule has 30 heavy (non-hydrogen) atoms. The number of alkyl halides is 3.